The Morgan fingerprint density at radius 1 is 1.07 bits per heavy atom. The third-order valence-corrected chi connectivity index (χ3v) is 5.51. The highest BCUT2D eigenvalue weighted by molar-refractivity contribution is 5.77. The van der Waals surface area contributed by atoms with E-state index in [9.17, 15) is 0 Å². The van der Waals surface area contributed by atoms with E-state index in [1.807, 2.05) is 48.5 Å². The van der Waals surface area contributed by atoms with Gasteiger partial charge in [0.25, 0.3) is 0 Å². The van der Waals surface area contributed by atoms with Gasteiger partial charge in [-0.15, -0.1) is 0 Å². The predicted octanol–water partition coefficient (Wildman–Crippen LogP) is 4.60. The molecule has 1 fully saturated rings. The quantitative estimate of drug-likeness (QED) is 0.478. The van der Waals surface area contributed by atoms with Gasteiger partial charge in [-0.1, -0.05) is 6.92 Å². The number of nitrogens with zero attached hydrogens (tertiary/aromatic N) is 2. The molecule has 3 heterocycles. The van der Waals surface area contributed by atoms with E-state index in [0.29, 0.717) is 12.0 Å². The summed E-state index contributed by atoms with van der Waals surface area (Å²) in [6.45, 7) is 3.34. The number of rotatable bonds is 5. The Hall–Kier alpha value is -3.12. The van der Waals surface area contributed by atoms with Crippen molar-refractivity contribution in [2.75, 3.05) is 6.54 Å². The Labute approximate surface area is 163 Å². The number of aromatic nitrogens is 4. The first-order valence-corrected chi connectivity index (χ1v) is 9.77. The molecule has 0 saturated carbocycles. The zero-order chi connectivity index (χ0) is 18.9. The number of aromatic amines is 2. The largest absolute Gasteiger partial charge is 0.457 e. The van der Waals surface area contributed by atoms with Crippen LogP contribution >= 0.6 is 0 Å². The molecule has 2 aromatic carbocycles. The van der Waals surface area contributed by atoms with E-state index in [-0.39, 0.29) is 0 Å². The molecule has 2 aromatic heterocycles. The first-order valence-electron chi connectivity index (χ1n) is 9.77. The van der Waals surface area contributed by atoms with E-state index in [4.69, 9.17) is 9.72 Å². The summed E-state index contributed by atoms with van der Waals surface area (Å²) in [4.78, 5) is 8.29. The molecule has 4 aromatic rings. The molecule has 28 heavy (non-hydrogen) atoms. The van der Waals surface area contributed by atoms with Crippen LogP contribution in [-0.4, -0.2) is 32.8 Å². The molecule has 6 heteroatoms. The number of benzene rings is 2. The summed E-state index contributed by atoms with van der Waals surface area (Å²) in [6.07, 6.45) is 4.20. The molecule has 0 spiro atoms. The van der Waals surface area contributed by atoms with Crippen molar-refractivity contribution in [3.05, 3.63) is 60.6 Å². The molecule has 0 aliphatic carbocycles. The van der Waals surface area contributed by atoms with Gasteiger partial charge in [0.1, 0.15) is 17.3 Å². The maximum absolute atomic E-state index is 6.04. The maximum atomic E-state index is 6.04. The fraction of sp³-hybridized carbons (Fsp3) is 0.273. The SMILES string of the molecule is C[C@H](c1nc2cc(Oc3ccc(-c4ccn[nH]4)cc3)ccc2[nH]1)C1CCCN1. The fourth-order valence-corrected chi connectivity index (χ4v) is 3.87. The Balaban J connectivity index is 1.34. The van der Waals surface area contributed by atoms with E-state index in [1.54, 1.807) is 6.20 Å². The zero-order valence-electron chi connectivity index (χ0n) is 15.8. The van der Waals surface area contributed by atoms with Crippen LogP contribution in [0.3, 0.4) is 0 Å². The minimum Gasteiger partial charge on any atom is -0.457 e. The van der Waals surface area contributed by atoms with Crippen LogP contribution in [0.2, 0.25) is 0 Å². The van der Waals surface area contributed by atoms with Crippen molar-refractivity contribution in [3.63, 3.8) is 0 Å². The highest BCUT2D eigenvalue weighted by Crippen LogP contribution is 2.29. The molecule has 1 aliphatic rings. The highest BCUT2D eigenvalue weighted by atomic mass is 16.5. The summed E-state index contributed by atoms with van der Waals surface area (Å²) in [5, 5.41) is 10.5. The Bertz CT molecular complexity index is 1060. The van der Waals surface area contributed by atoms with Crippen LogP contribution in [-0.2, 0) is 0 Å². The summed E-state index contributed by atoms with van der Waals surface area (Å²) in [7, 11) is 0. The predicted molar refractivity (Wildman–Crippen MR) is 110 cm³/mol. The molecule has 1 aliphatic heterocycles. The second-order valence-corrected chi connectivity index (χ2v) is 7.39. The summed E-state index contributed by atoms with van der Waals surface area (Å²) in [5.74, 6) is 2.98. The third kappa shape index (κ3) is 3.27. The van der Waals surface area contributed by atoms with Crippen LogP contribution in [0.5, 0.6) is 11.5 Å². The molecule has 2 atom stereocenters. The van der Waals surface area contributed by atoms with E-state index >= 15 is 0 Å². The average molecular weight is 373 g/mol. The standard InChI is InChI=1S/C22H23N5O/c1-14(18-3-2-11-23-18)22-25-20-9-8-17(13-21(20)26-22)28-16-6-4-15(5-7-16)19-10-12-24-27-19/h4-10,12-14,18,23H,2-3,11H2,1H3,(H,24,27)(H,25,26)/t14-,18?/m0/s1. The van der Waals surface area contributed by atoms with Gasteiger partial charge in [0, 0.05) is 24.2 Å². The van der Waals surface area contributed by atoms with Crippen molar-refractivity contribution in [1.29, 1.82) is 0 Å². The first kappa shape index (κ1) is 17.0. The summed E-state index contributed by atoms with van der Waals surface area (Å²) < 4.78 is 6.04. The minimum atomic E-state index is 0.370. The Morgan fingerprint density at radius 3 is 2.68 bits per heavy atom. The molecule has 1 saturated heterocycles. The normalized spacial score (nSPS) is 17.8. The number of hydrogen-bond donors (Lipinski definition) is 3. The minimum absolute atomic E-state index is 0.370. The topological polar surface area (TPSA) is 78.6 Å². The lowest BCUT2D eigenvalue weighted by molar-refractivity contribution is 0.483. The lowest BCUT2D eigenvalue weighted by atomic mass is 10.00. The maximum Gasteiger partial charge on any atom is 0.129 e. The molecule has 0 amide bonds. The van der Waals surface area contributed by atoms with Crippen molar-refractivity contribution in [1.82, 2.24) is 25.5 Å². The average Bonchev–Trinajstić information content (AvgIpc) is 3.49. The van der Waals surface area contributed by atoms with Crippen LogP contribution in [0.25, 0.3) is 22.3 Å². The molecular formula is C22H23N5O. The van der Waals surface area contributed by atoms with Gasteiger partial charge in [-0.3, -0.25) is 5.10 Å². The monoisotopic (exact) mass is 373 g/mol. The molecule has 142 valence electrons. The second kappa shape index (κ2) is 7.13. The molecule has 6 nitrogen and oxygen atoms in total. The van der Waals surface area contributed by atoms with Gasteiger partial charge in [-0.05, 0) is 67.4 Å². The van der Waals surface area contributed by atoms with Crippen LogP contribution in [0.1, 0.15) is 31.5 Å². The number of hydrogen-bond acceptors (Lipinski definition) is 4. The van der Waals surface area contributed by atoms with Crippen LogP contribution in [0.4, 0.5) is 0 Å². The van der Waals surface area contributed by atoms with Gasteiger partial charge >= 0.3 is 0 Å². The Morgan fingerprint density at radius 2 is 1.93 bits per heavy atom. The highest BCUT2D eigenvalue weighted by Gasteiger charge is 2.24. The summed E-state index contributed by atoms with van der Waals surface area (Å²) >= 11 is 0. The van der Waals surface area contributed by atoms with E-state index in [1.165, 1.54) is 12.8 Å². The lowest BCUT2D eigenvalue weighted by Gasteiger charge is -2.16. The molecule has 3 N–H and O–H groups in total. The van der Waals surface area contributed by atoms with Crippen molar-refractivity contribution >= 4 is 11.0 Å². The van der Waals surface area contributed by atoms with E-state index in [2.05, 4.69) is 27.4 Å². The number of H-pyrrole nitrogens is 2. The Kier molecular flexibility index (Phi) is 4.33. The number of imidazole rings is 1. The van der Waals surface area contributed by atoms with Gasteiger partial charge in [0.2, 0.25) is 0 Å². The van der Waals surface area contributed by atoms with E-state index < -0.39 is 0 Å². The first-order chi connectivity index (χ1) is 13.8. The summed E-state index contributed by atoms with van der Waals surface area (Å²) in [5.41, 5.74) is 4.04. The zero-order valence-corrected chi connectivity index (χ0v) is 15.8. The van der Waals surface area contributed by atoms with Crippen molar-refractivity contribution in [3.8, 4) is 22.8 Å². The van der Waals surface area contributed by atoms with Crippen LogP contribution in [0, 0.1) is 0 Å². The van der Waals surface area contributed by atoms with Crippen LogP contribution in [0.15, 0.2) is 54.7 Å². The number of nitrogens with one attached hydrogen (secondary N) is 3. The fourth-order valence-electron chi connectivity index (χ4n) is 3.87. The van der Waals surface area contributed by atoms with Gasteiger partial charge in [-0.2, -0.15) is 5.10 Å². The lowest BCUT2D eigenvalue weighted by Crippen LogP contribution is -2.27. The van der Waals surface area contributed by atoms with Gasteiger partial charge < -0.3 is 15.0 Å². The smallest absolute Gasteiger partial charge is 0.129 e. The second-order valence-electron chi connectivity index (χ2n) is 7.39. The molecule has 0 bridgehead atoms. The molecule has 1 unspecified atom stereocenters. The van der Waals surface area contributed by atoms with E-state index in [0.717, 1.165) is 46.2 Å². The van der Waals surface area contributed by atoms with Crippen molar-refractivity contribution in [2.24, 2.45) is 0 Å². The number of ether oxygens (including phenoxy) is 1. The van der Waals surface area contributed by atoms with Gasteiger partial charge in [0.05, 0.1) is 16.7 Å². The van der Waals surface area contributed by atoms with Gasteiger partial charge in [-0.25, -0.2) is 4.98 Å². The van der Waals surface area contributed by atoms with Crippen molar-refractivity contribution in [2.45, 2.75) is 31.7 Å². The summed E-state index contributed by atoms with van der Waals surface area (Å²) in [6, 6.07) is 16.4. The molecular weight excluding hydrogens is 350 g/mol. The number of fused-ring (bicyclic) bond motifs is 1. The van der Waals surface area contributed by atoms with Gasteiger partial charge in [0.15, 0.2) is 0 Å². The van der Waals surface area contributed by atoms with Crippen molar-refractivity contribution < 1.29 is 4.74 Å². The van der Waals surface area contributed by atoms with Crippen LogP contribution < -0.4 is 10.1 Å². The third-order valence-electron chi connectivity index (χ3n) is 5.51. The molecule has 0 radical (unpaired) electrons. The molecule has 5 rings (SSSR count).